The van der Waals surface area contributed by atoms with E-state index in [-0.39, 0.29) is 0 Å². The van der Waals surface area contributed by atoms with Crippen molar-refractivity contribution in [2.24, 2.45) is 0 Å². The number of fused-ring (bicyclic) bond motifs is 3. The van der Waals surface area contributed by atoms with Gasteiger partial charge in [0.2, 0.25) is 0 Å². The second-order valence-electron chi connectivity index (χ2n) is 9.30. The highest BCUT2D eigenvalue weighted by Crippen LogP contribution is 2.34. The number of pyridine rings is 1. The lowest BCUT2D eigenvalue weighted by atomic mass is 10.0. The van der Waals surface area contributed by atoms with Gasteiger partial charge in [0, 0.05) is 16.5 Å². The van der Waals surface area contributed by atoms with Crippen molar-refractivity contribution in [3.63, 3.8) is 0 Å². The molecule has 0 spiro atoms. The lowest BCUT2D eigenvalue weighted by Gasteiger charge is -2.09. The maximum atomic E-state index is 9.17. The van der Waals surface area contributed by atoms with E-state index >= 15 is 0 Å². The predicted octanol–water partition coefficient (Wildman–Crippen LogP) is 7.84. The van der Waals surface area contributed by atoms with Crippen molar-refractivity contribution < 1.29 is 0 Å². The van der Waals surface area contributed by atoms with Gasteiger partial charge >= 0.3 is 0 Å². The molecule has 4 aromatic carbocycles. The van der Waals surface area contributed by atoms with Crippen molar-refractivity contribution in [2.45, 2.75) is 0 Å². The SMILES string of the molecule is N#Cc1ccc(-c2cccc(-n3c4ccc(-c5ccccc5)cc4c4nc(-c5ccccc5)ncc43)n2)cc1. The number of hydrogen-bond donors (Lipinski definition) is 0. The van der Waals surface area contributed by atoms with Crippen molar-refractivity contribution in [1.29, 1.82) is 5.26 Å². The molecule has 0 fully saturated rings. The van der Waals surface area contributed by atoms with Gasteiger partial charge in [-0.1, -0.05) is 84.9 Å². The molecule has 5 heteroatoms. The molecule has 0 unspecified atom stereocenters. The standard InChI is InChI=1S/C34H21N5/c35-21-23-14-16-25(17-15-23)29-12-7-13-32(37-29)39-30-19-18-27(24-8-3-1-4-9-24)20-28(30)33-31(39)22-36-34(38-33)26-10-5-2-6-11-26/h1-20,22H. The average Bonchev–Trinajstić information content (AvgIpc) is 3.35. The molecule has 39 heavy (non-hydrogen) atoms. The number of benzene rings is 4. The van der Waals surface area contributed by atoms with Crippen LogP contribution < -0.4 is 0 Å². The molecule has 0 aliphatic heterocycles. The van der Waals surface area contributed by atoms with E-state index in [9.17, 15) is 5.26 Å². The van der Waals surface area contributed by atoms with E-state index in [4.69, 9.17) is 15.0 Å². The summed E-state index contributed by atoms with van der Waals surface area (Å²) >= 11 is 0. The first kappa shape index (κ1) is 22.6. The third-order valence-corrected chi connectivity index (χ3v) is 6.92. The number of nitrogens with zero attached hydrogens (tertiary/aromatic N) is 5. The maximum absolute atomic E-state index is 9.17. The van der Waals surface area contributed by atoms with Crippen LogP contribution in [0.1, 0.15) is 5.56 Å². The van der Waals surface area contributed by atoms with Crippen LogP contribution in [0.2, 0.25) is 0 Å². The molecule has 0 N–H and O–H groups in total. The molecule has 0 saturated heterocycles. The van der Waals surface area contributed by atoms with Gasteiger partial charge in [0.1, 0.15) is 11.3 Å². The van der Waals surface area contributed by atoms with Gasteiger partial charge in [-0.2, -0.15) is 5.26 Å². The third-order valence-electron chi connectivity index (χ3n) is 6.92. The summed E-state index contributed by atoms with van der Waals surface area (Å²) in [5.74, 6) is 1.46. The fraction of sp³-hybridized carbons (Fsp3) is 0. The molecule has 7 aromatic rings. The van der Waals surface area contributed by atoms with Gasteiger partial charge in [-0.05, 0) is 47.5 Å². The van der Waals surface area contributed by atoms with Gasteiger partial charge in [0.05, 0.1) is 34.6 Å². The van der Waals surface area contributed by atoms with E-state index in [1.165, 1.54) is 0 Å². The first-order valence-corrected chi connectivity index (χ1v) is 12.7. The molecule has 0 saturated carbocycles. The first-order valence-electron chi connectivity index (χ1n) is 12.7. The molecule has 0 radical (unpaired) electrons. The second kappa shape index (κ2) is 9.37. The van der Waals surface area contributed by atoms with Crippen LogP contribution in [0.4, 0.5) is 0 Å². The van der Waals surface area contributed by atoms with Crippen LogP contribution in [0, 0.1) is 11.3 Å². The van der Waals surface area contributed by atoms with Crippen molar-refractivity contribution in [3.8, 4) is 45.7 Å². The summed E-state index contributed by atoms with van der Waals surface area (Å²) in [5.41, 5.74) is 8.42. The molecule has 0 aliphatic carbocycles. The monoisotopic (exact) mass is 499 g/mol. The zero-order valence-electron chi connectivity index (χ0n) is 20.9. The fourth-order valence-corrected chi connectivity index (χ4v) is 5.00. The summed E-state index contributed by atoms with van der Waals surface area (Å²) in [5, 5.41) is 10.2. The summed E-state index contributed by atoms with van der Waals surface area (Å²) in [7, 11) is 0. The molecule has 0 bridgehead atoms. The summed E-state index contributed by atoms with van der Waals surface area (Å²) in [6, 6.07) is 42.5. The Hall–Kier alpha value is -5.60. The Morgan fingerprint density at radius 3 is 2.05 bits per heavy atom. The van der Waals surface area contributed by atoms with Gasteiger partial charge in [0.25, 0.3) is 0 Å². The zero-order valence-corrected chi connectivity index (χ0v) is 20.9. The third kappa shape index (κ3) is 4.01. The Labute approximate surface area is 225 Å². The minimum atomic E-state index is 0.623. The van der Waals surface area contributed by atoms with Gasteiger partial charge in [-0.15, -0.1) is 0 Å². The van der Waals surface area contributed by atoms with Crippen molar-refractivity contribution in [1.82, 2.24) is 19.5 Å². The molecule has 0 aliphatic rings. The van der Waals surface area contributed by atoms with Gasteiger partial charge < -0.3 is 0 Å². The Morgan fingerprint density at radius 1 is 0.590 bits per heavy atom. The summed E-state index contributed by atoms with van der Waals surface area (Å²) < 4.78 is 2.13. The smallest absolute Gasteiger partial charge is 0.159 e. The predicted molar refractivity (Wildman–Crippen MR) is 155 cm³/mol. The van der Waals surface area contributed by atoms with Crippen LogP contribution >= 0.6 is 0 Å². The Balaban J connectivity index is 1.46. The summed E-state index contributed by atoms with van der Waals surface area (Å²) in [6.45, 7) is 0. The van der Waals surface area contributed by atoms with Crippen LogP contribution in [0.15, 0.2) is 128 Å². The lowest BCUT2D eigenvalue weighted by molar-refractivity contribution is 1.07. The Kier molecular flexibility index (Phi) is 5.42. The van der Waals surface area contributed by atoms with Crippen LogP contribution in [-0.4, -0.2) is 19.5 Å². The Morgan fingerprint density at radius 2 is 1.31 bits per heavy atom. The Bertz CT molecular complexity index is 1910. The minimum Gasteiger partial charge on any atom is -0.291 e. The minimum absolute atomic E-state index is 0.623. The van der Waals surface area contributed by atoms with Crippen LogP contribution in [0.25, 0.3) is 61.5 Å². The highest BCUT2D eigenvalue weighted by atomic mass is 15.1. The summed E-state index contributed by atoms with van der Waals surface area (Å²) in [4.78, 5) is 14.8. The molecular weight excluding hydrogens is 478 g/mol. The van der Waals surface area contributed by atoms with E-state index < -0.39 is 0 Å². The molecule has 3 heterocycles. The van der Waals surface area contributed by atoms with E-state index in [0.29, 0.717) is 11.4 Å². The first-order chi connectivity index (χ1) is 19.3. The maximum Gasteiger partial charge on any atom is 0.159 e. The van der Waals surface area contributed by atoms with Crippen LogP contribution in [0.3, 0.4) is 0 Å². The van der Waals surface area contributed by atoms with Gasteiger partial charge in [-0.25, -0.2) is 15.0 Å². The molecule has 0 atom stereocenters. The van der Waals surface area contributed by atoms with E-state index in [1.54, 1.807) is 0 Å². The molecule has 7 rings (SSSR count). The fourth-order valence-electron chi connectivity index (χ4n) is 5.00. The number of nitriles is 1. The van der Waals surface area contributed by atoms with Crippen molar-refractivity contribution in [2.75, 3.05) is 0 Å². The number of rotatable bonds is 4. The van der Waals surface area contributed by atoms with E-state index in [0.717, 1.165) is 55.7 Å². The van der Waals surface area contributed by atoms with Gasteiger partial charge in [0.15, 0.2) is 5.82 Å². The largest absolute Gasteiger partial charge is 0.291 e. The van der Waals surface area contributed by atoms with Crippen molar-refractivity contribution in [3.05, 3.63) is 133 Å². The van der Waals surface area contributed by atoms with E-state index in [2.05, 4.69) is 53.1 Å². The molecule has 5 nitrogen and oxygen atoms in total. The zero-order chi connectivity index (χ0) is 26.2. The average molecular weight is 500 g/mol. The van der Waals surface area contributed by atoms with Gasteiger partial charge in [-0.3, -0.25) is 4.57 Å². The topological polar surface area (TPSA) is 67.4 Å². The lowest BCUT2D eigenvalue weighted by Crippen LogP contribution is -1.99. The summed E-state index contributed by atoms with van der Waals surface area (Å²) in [6.07, 6.45) is 1.89. The van der Waals surface area contributed by atoms with E-state index in [1.807, 2.05) is 85.1 Å². The van der Waals surface area contributed by atoms with Crippen molar-refractivity contribution >= 4 is 21.9 Å². The molecule has 3 aromatic heterocycles. The molecular formula is C34H21N5. The number of aromatic nitrogens is 4. The highest BCUT2D eigenvalue weighted by Gasteiger charge is 2.17. The molecule has 0 amide bonds. The van der Waals surface area contributed by atoms with Crippen LogP contribution in [-0.2, 0) is 0 Å². The molecule has 182 valence electrons. The highest BCUT2D eigenvalue weighted by molar-refractivity contribution is 6.08. The van der Waals surface area contributed by atoms with Crippen LogP contribution in [0.5, 0.6) is 0 Å². The number of hydrogen-bond acceptors (Lipinski definition) is 4. The quantitative estimate of drug-likeness (QED) is 0.247. The normalized spacial score (nSPS) is 11.1. The second-order valence-corrected chi connectivity index (χ2v) is 9.30.